The fourth-order valence-corrected chi connectivity index (χ4v) is 7.08. The molecule has 1 fully saturated rings. The zero-order valence-corrected chi connectivity index (χ0v) is 25.2. The normalized spacial score (nSPS) is 19.7. The fourth-order valence-electron chi connectivity index (χ4n) is 5.64. The predicted molar refractivity (Wildman–Crippen MR) is 170 cm³/mol. The number of rotatable bonds is 4. The number of aromatic nitrogens is 1. The molecule has 1 aliphatic carbocycles. The molecule has 1 aliphatic heterocycles. The molecule has 0 amide bonds. The van der Waals surface area contributed by atoms with Gasteiger partial charge < -0.3 is 4.42 Å². The highest BCUT2D eigenvalue weighted by molar-refractivity contribution is 9.10. The lowest BCUT2D eigenvalue weighted by Crippen LogP contribution is -2.28. The Balaban J connectivity index is 1.31. The van der Waals surface area contributed by atoms with Crippen molar-refractivity contribution in [1.29, 1.82) is 0 Å². The first-order chi connectivity index (χ1) is 19.5. The first-order valence-electron chi connectivity index (χ1n) is 13.1. The third-order valence-corrected chi connectivity index (χ3v) is 9.60. The number of nitrogens with zero attached hydrogens (tertiary/aromatic N) is 3. The second-order valence-corrected chi connectivity index (χ2v) is 12.9. The first kappa shape index (κ1) is 25.6. The lowest BCUT2D eigenvalue weighted by Gasteiger charge is -2.29. The topological polar surface area (TPSA) is 58.7 Å². The van der Waals surface area contributed by atoms with Crippen LogP contribution in [0.2, 0.25) is 0 Å². The van der Waals surface area contributed by atoms with Crippen LogP contribution in [0.25, 0.3) is 27.5 Å². The van der Waals surface area contributed by atoms with Gasteiger partial charge in [0.15, 0.2) is 0 Å². The second kappa shape index (κ2) is 10.6. The molecule has 0 radical (unpaired) electrons. The molecule has 2 aromatic heterocycles. The van der Waals surface area contributed by atoms with Crippen LogP contribution in [0.4, 0.5) is 5.13 Å². The molecule has 0 N–H and O–H groups in total. The smallest absolute Gasteiger partial charge is 0.345 e. The highest BCUT2D eigenvalue weighted by Gasteiger charge is 2.43. The van der Waals surface area contributed by atoms with Gasteiger partial charge in [-0.1, -0.05) is 85.7 Å². The van der Waals surface area contributed by atoms with Crippen molar-refractivity contribution in [2.24, 2.45) is 11.0 Å². The highest BCUT2D eigenvalue weighted by atomic mass is 79.9. The third-order valence-electron chi connectivity index (χ3n) is 7.52. The van der Waals surface area contributed by atoms with Gasteiger partial charge in [0.2, 0.25) is 5.13 Å². The molecule has 2 unspecified atom stereocenters. The molecule has 0 bridgehead atoms. The zero-order chi connectivity index (χ0) is 27.2. The van der Waals surface area contributed by atoms with Crippen LogP contribution < -0.4 is 10.6 Å². The molecule has 5 aromatic rings. The maximum atomic E-state index is 12.9. The molecule has 7 rings (SSSR count). The number of benzene rings is 3. The quantitative estimate of drug-likeness (QED) is 0.179. The number of hydrogen-bond acceptors (Lipinski definition) is 6. The van der Waals surface area contributed by atoms with E-state index in [2.05, 4.69) is 91.5 Å². The summed E-state index contributed by atoms with van der Waals surface area (Å²) in [4.78, 5) is 18.4. The van der Waals surface area contributed by atoms with Crippen LogP contribution in [-0.4, -0.2) is 10.7 Å². The summed E-state index contributed by atoms with van der Waals surface area (Å²) in [5, 5.41) is 8.96. The molecule has 1 saturated carbocycles. The predicted octanol–water partition coefficient (Wildman–Crippen LogP) is 9.24. The summed E-state index contributed by atoms with van der Waals surface area (Å²) >= 11 is 8.60. The number of hydrogen-bond donors (Lipinski definition) is 0. The molecule has 5 nitrogen and oxygen atoms in total. The summed E-state index contributed by atoms with van der Waals surface area (Å²) in [5.41, 5.74) is 5.50. The Morgan fingerprint density at radius 3 is 2.52 bits per heavy atom. The molecular formula is C32H23Br2N3O2S. The van der Waals surface area contributed by atoms with Gasteiger partial charge in [-0.3, -0.25) is 0 Å². The lowest BCUT2D eigenvalue weighted by atomic mass is 9.77. The Kier molecular flexibility index (Phi) is 6.78. The van der Waals surface area contributed by atoms with Crippen LogP contribution in [0.5, 0.6) is 0 Å². The molecule has 0 saturated heterocycles. The number of para-hydroxylation sites is 1. The number of allylic oxidation sites excluding steroid dienone is 1. The molecule has 2 aliphatic rings. The van der Waals surface area contributed by atoms with Gasteiger partial charge in [0.1, 0.15) is 5.58 Å². The van der Waals surface area contributed by atoms with Gasteiger partial charge in [-0.05, 0) is 78.4 Å². The minimum Gasteiger partial charge on any atom is -0.422 e. The standard InChI is InChI=1S/C32H23Br2N3O2S/c33-23-12-8-19(9-13-23)16-22-5-3-6-25-29(22)36-37(30(25)20-10-14-24(34)15-11-20)32-35-18-28(40-32)26-17-21-4-1-2-7-27(21)39-31(26)38/h1-2,4,7-18,25,30H,3,5-6H2/b22-16+. The number of halogens is 2. The first-order valence-corrected chi connectivity index (χ1v) is 15.5. The van der Waals surface area contributed by atoms with Crippen molar-refractivity contribution in [3.8, 4) is 10.4 Å². The Labute approximate surface area is 252 Å². The fraction of sp³-hybridized carbons (Fsp3) is 0.156. The Morgan fingerprint density at radius 2 is 1.73 bits per heavy atom. The summed E-state index contributed by atoms with van der Waals surface area (Å²) in [6.45, 7) is 0. The number of fused-ring (bicyclic) bond motifs is 2. The van der Waals surface area contributed by atoms with Crippen molar-refractivity contribution in [2.75, 3.05) is 5.01 Å². The molecule has 3 heterocycles. The van der Waals surface area contributed by atoms with Crippen molar-refractivity contribution in [2.45, 2.75) is 25.3 Å². The van der Waals surface area contributed by atoms with E-state index >= 15 is 0 Å². The van der Waals surface area contributed by atoms with Crippen LogP contribution >= 0.6 is 43.2 Å². The minimum atomic E-state index is -0.362. The average molecular weight is 673 g/mol. The van der Waals surface area contributed by atoms with Gasteiger partial charge in [-0.15, -0.1) is 0 Å². The average Bonchev–Trinajstić information content (AvgIpc) is 3.60. The van der Waals surface area contributed by atoms with E-state index in [4.69, 9.17) is 14.5 Å². The number of anilines is 1. The Hall–Kier alpha value is -3.33. The summed E-state index contributed by atoms with van der Waals surface area (Å²) in [7, 11) is 0. The SMILES string of the molecule is O=c1oc2ccccc2cc1-c1cnc(N2N=C3/C(=C/c4ccc(Br)cc4)CCCC3C2c2ccc(Br)cc2)s1. The lowest BCUT2D eigenvalue weighted by molar-refractivity contribution is 0.487. The largest absolute Gasteiger partial charge is 0.422 e. The third kappa shape index (κ3) is 4.78. The zero-order valence-electron chi connectivity index (χ0n) is 21.3. The molecule has 40 heavy (non-hydrogen) atoms. The number of hydrazone groups is 1. The van der Waals surface area contributed by atoms with E-state index in [-0.39, 0.29) is 17.6 Å². The summed E-state index contributed by atoms with van der Waals surface area (Å²) in [6.07, 6.45) is 7.19. The molecule has 0 spiro atoms. The van der Waals surface area contributed by atoms with Crippen molar-refractivity contribution >= 4 is 71.1 Å². The second-order valence-electron chi connectivity index (χ2n) is 10.0. The monoisotopic (exact) mass is 671 g/mol. The Bertz CT molecular complexity index is 1840. The van der Waals surface area contributed by atoms with Gasteiger partial charge in [0, 0.05) is 26.4 Å². The van der Waals surface area contributed by atoms with E-state index in [0.717, 1.165) is 49.3 Å². The van der Waals surface area contributed by atoms with Crippen molar-refractivity contribution < 1.29 is 4.42 Å². The van der Waals surface area contributed by atoms with E-state index < -0.39 is 0 Å². The summed E-state index contributed by atoms with van der Waals surface area (Å²) in [6, 6.07) is 26.4. The number of thiazole rings is 1. The molecule has 198 valence electrons. The van der Waals surface area contributed by atoms with Crippen LogP contribution in [0.15, 0.2) is 114 Å². The van der Waals surface area contributed by atoms with Crippen LogP contribution in [-0.2, 0) is 0 Å². The highest BCUT2D eigenvalue weighted by Crippen LogP contribution is 2.47. The van der Waals surface area contributed by atoms with Gasteiger partial charge in [0.25, 0.3) is 0 Å². The van der Waals surface area contributed by atoms with Crippen LogP contribution in [0.3, 0.4) is 0 Å². The van der Waals surface area contributed by atoms with Gasteiger partial charge >= 0.3 is 5.63 Å². The molecule has 3 aromatic carbocycles. The maximum absolute atomic E-state index is 12.9. The Morgan fingerprint density at radius 1 is 0.975 bits per heavy atom. The van der Waals surface area contributed by atoms with Gasteiger partial charge in [0.05, 0.1) is 22.2 Å². The van der Waals surface area contributed by atoms with Crippen molar-refractivity contribution in [3.63, 3.8) is 0 Å². The molecular weight excluding hydrogens is 650 g/mol. The minimum absolute atomic E-state index is 0.0173. The van der Waals surface area contributed by atoms with Crippen LogP contribution in [0, 0.1) is 5.92 Å². The summed E-state index contributed by atoms with van der Waals surface area (Å²) in [5.74, 6) is 0.245. The van der Waals surface area contributed by atoms with E-state index in [1.54, 1.807) is 6.20 Å². The van der Waals surface area contributed by atoms with E-state index in [1.807, 2.05) is 30.3 Å². The van der Waals surface area contributed by atoms with E-state index in [9.17, 15) is 4.79 Å². The van der Waals surface area contributed by atoms with E-state index in [1.165, 1.54) is 28.0 Å². The molecule has 8 heteroatoms. The van der Waals surface area contributed by atoms with Crippen LogP contribution in [0.1, 0.15) is 36.4 Å². The molecule has 2 atom stereocenters. The summed E-state index contributed by atoms with van der Waals surface area (Å²) < 4.78 is 7.71. The maximum Gasteiger partial charge on any atom is 0.345 e. The van der Waals surface area contributed by atoms with E-state index in [0.29, 0.717) is 11.1 Å². The van der Waals surface area contributed by atoms with Gasteiger partial charge in [-0.2, -0.15) is 5.10 Å². The van der Waals surface area contributed by atoms with Crippen molar-refractivity contribution in [3.05, 3.63) is 121 Å². The van der Waals surface area contributed by atoms with Gasteiger partial charge in [-0.25, -0.2) is 14.8 Å². The van der Waals surface area contributed by atoms with Crippen molar-refractivity contribution in [1.82, 2.24) is 4.98 Å².